The van der Waals surface area contributed by atoms with Crippen molar-refractivity contribution in [3.05, 3.63) is 0 Å². The van der Waals surface area contributed by atoms with Crippen LogP contribution in [0.4, 0.5) is 0 Å². The molecule has 0 aromatic heterocycles. The molecule has 0 spiro atoms. The van der Waals surface area contributed by atoms with Gasteiger partial charge in [0.1, 0.15) is 0 Å². The van der Waals surface area contributed by atoms with E-state index in [1.54, 1.807) is 0 Å². The first-order chi connectivity index (χ1) is 7.43. The van der Waals surface area contributed by atoms with E-state index in [4.69, 9.17) is 4.74 Å². The van der Waals surface area contributed by atoms with Crippen LogP contribution >= 0.6 is 0 Å². The number of ether oxygens (including phenoxy) is 1. The Morgan fingerprint density at radius 1 is 1.00 bits per heavy atom. The lowest BCUT2D eigenvalue weighted by molar-refractivity contribution is 0.0436. The Labute approximate surface area is 92.8 Å². The summed E-state index contributed by atoms with van der Waals surface area (Å²) in [6, 6.07) is 0.856. The zero-order valence-corrected chi connectivity index (χ0v) is 9.58. The predicted molar refractivity (Wildman–Crippen MR) is 60.8 cm³/mol. The number of nitrogens with one attached hydrogen (secondary N) is 1. The molecule has 2 unspecified atom stereocenters. The fraction of sp³-hybridized carbons (Fsp3) is 1.00. The summed E-state index contributed by atoms with van der Waals surface area (Å²) in [5, 5.41) is 3.67. The van der Waals surface area contributed by atoms with E-state index in [2.05, 4.69) is 5.32 Å². The van der Waals surface area contributed by atoms with Crippen molar-refractivity contribution in [2.24, 2.45) is 11.8 Å². The SMILES string of the molecule is C1CCC(C2OCCC2CNC2CC2)C1. The Kier molecular flexibility index (Phi) is 2.98. The van der Waals surface area contributed by atoms with Gasteiger partial charge in [-0.25, -0.2) is 0 Å². The summed E-state index contributed by atoms with van der Waals surface area (Å²) < 4.78 is 5.96. The molecule has 2 atom stereocenters. The van der Waals surface area contributed by atoms with Crippen molar-refractivity contribution in [3.63, 3.8) is 0 Å². The minimum atomic E-state index is 0.596. The molecule has 1 N–H and O–H groups in total. The molecule has 3 rings (SSSR count). The van der Waals surface area contributed by atoms with Gasteiger partial charge < -0.3 is 10.1 Å². The fourth-order valence-electron chi connectivity index (χ4n) is 3.29. The van der Waals surface area contributed by atoms with Gasteiger partial charge in [-0.15, -0.1) is 0 Å². The first-order valence-corrected chi connectivity index (χ1v) is 6.78. The van der Waals surface area contributed by atoms with Crippen molar-refractivity contribution < 1.29 is 4.74 Å². The van der Waals surface area contributed by atoms with E-state index in [9.17, 15) is 0 Å². The predicted octanol–water partition coefficient (Wildman–Crippen LogP) is 2.33. The molecular weight excluding hydrogens is 186 g/mol. The van der Waals surface area contributed by atoms with Crippen LogP contribution in [0.1, 0.15) is 44.9 Å². The van der Waals surface area contributed by atoms with Gasteiger partial charge in [0, 0.05) is 25.1 Å². The third-order valence-corrected chi connectivity index (χ3v) is 4.37. The van der Waals surface area contributed by atoms with Crippen LogP contribution in [-0.2, 0) is 4.74 Å². The van der Waals surface area contributed by atoms with Crippen LogP contribution < -0.4 is 5.32 Å². The molecule has 1 aliphatic heterocycles. The first-order valence-electron chi connectivity index (χ1n) is 6.78. The van der Waals surface area contributed by atoms with Gasteiger partial charge in [0.15, 0.2) is 0 Å². The molecule has 1 saturated heterocycles. The van der Waals surface area contributed by atoms with Gasteiger partial charge in [-0.2, -0.15) is 0 Å². The van der Waals surface area contributed by atoms with E-state index in [-0.39, 0.29) is 0 Å². The molecule has 0 aromatic rings. The van der Waals surface area contributed by atoms with Crippen molar-refractivity contribution in [3.8, 4) is 0 Å². The van der Waals surface area contributed by atoms with Gasteiger partial charge in [-0.3, -0.25) is 0 Å². The lowest BCUT2D eigenvalue weighted by Crippen LogP contribution is -2.33. The van der Waals surface area contributed by atoms with E-state index < -0.39 is 0 Å². The zero-order valence-electron chi connectivity index (χ0n) is 9.58. The monoisotopic (exact) mass is 209 g/mol. The van der Waals surface area contributed by atoms with Gasteiger partial charge in [0.2, 0.25) is 0 Å². The Morgan fingerprint density at radius 2 is 1.80 bits per heavy atom. The summed E-state index contributed by atoms with van der Waals surface area (Å²) in [4.78, 5) is 0. The maximum Gasteiger partial charge on any atom is 0.0644 e. The van der Waals surface area contributed by atoms with Gasteiger partial charge in [0.05, 0.1) is 6.10 Å². The number of hydrogen-bond acceptors (Lipinski definition) is 2. The highest BCUT2D eigenvalue weighted by atomic mass is 16.5. The van der Waals surface area contributed by atoms with E-state index in [1.165, 1.54) is 51.5 Å². The molecule has 3 fully saturated rings. The van der Waals surface area contributed by atoms with Crippen molar-refractivity contribution in [2.45, 2.75) is 57.1 Å². The van der Waals surface area contributed by atoms with Gasteiger partial charge in [0.25, 0.3) is 0 Å². The quantitative estimate of drug-likeness (QED) is 0.767. The maximum atomic E-state index is 5.96. The normalized spacial score (nSPS) is 37.6. The largest absolute Gasteiger partial charge is 0.378 e. The van der Waals surface area contributed by atoms with Gasteiger partial charge >= 0.3 is 0 Å². The number of rotatable bonds is 4. The summed E-state index contributed by atoms with van der Waals surface area (Å²) in [5.74, 6) is 1.70. The highest BCUT2D eigenvalue weighted by molar-refractivity contribution is 4.89. The molecule has 2 heteroatoms. The first kappa shape index (κ1) is 10.1. The zero-order chi connectivity index (χ0) is 10.1. The third-order valence-electron chi connectivity index (χ3n) is 4.37. The fourth-order valence-corrected chi connectivity index (χ4v) is 3.29. The van der Waals surface area contributed by atoms with Crippen LogP contribution in [0.25, 0.3) is 0 Å². The molecule has 0 radical (unpaired) electrons. The Bertz CT molecular complexity index is 209. The van der Waals surface area contributed by atoms with Gasteiger partial charge in [-0.05, 0) is 38.0 Å². The molecule has 3 aliphatic rings. The average molecular weight is 209 g/mol. The molecular formula is C13H23NO. The van der Waals surface area contributed by atoms with Crippen LogP contribution in [0.15, 0.2) is 0 Å². The second-order valence-corrected chi connectivity index (χ2v) is 5.61. The van der Waals surface area contributed by atoms with Crippen molar-refractivity contribution >= 4 is 0 Å². The number of hydrogen-bond donors (Lipinski definition) is 1. The Hall–Kier alpha value is -0.0800. The lowest BCUT2D eigenvalue weighted by atomic mass is 9.89. The summed E-state index contributed by atoms with van der Waals surface area (Å²) >= 11 is 0. The maximum absolute atomic E-state index is 5.96. The van der Waals surface area contributed by atoms with Crippen molar-refractivity contribution in [1.29, 1.82) is 0 Å². The molecule has 2 nitrogen and oxygen atoms in total. The highest BCUT2D eigenvalue weighted by Gasteiger charge is 2.36. The second kappa shape index (κ2) is 4.42. The molecule has 15 heavy (non-hydrogen) atoms. The standard InChI is InChI=1S/C13H23NO/c1-2-4-10(3-1)13-11(7-8-15-13)9-14-12-5-6-12/h10-14H,1-9H2. The van der Waals surface area contributed by atoms with Crippen molar-refractivity contribution in [2.75, 3.05) is 13.2 Å². The molecule has 2 aliphatic carbocycles. The lowest BCUT2D eigenvalue weighted by Gasteiger charge is -2.24. The van der Waals surface area contributed by atoms with Crippen LogP contribution in [0.3, 0.4) is 0 Å². The molecule has 1 heterocycles. The van der Waals surface area contributed by atoms with Crippen LogP contribution in [-0.4, -0.2) is 25.3 Å². The summed E-state index contributed by atoms with van der Waals surface area (Å²) in [6.07, 6.45) is 10.4. The average Bonchev–Trinajstić information content (AvgIpc) is 2.79. The smallest absolute Gasteiger partial charge is 0.0644 e. The summed E-state index contributed by atoms with van der Waals surface area (Å²) in [7, 11) is 0. The Balaban J connectivity index is 1.51. The second-order valence-electron chi connectivity index (χ2n) is 5.61. The summed E-state index contributed by atoms with van der Waals surface area (Å²) in [6.45, 7) is 2.23. The van der Waals surface area contributed by atoms with E-state index in [1.807, 2.05) is 0 Å². The molecule has 2 saturated carbocycles. The molecule has 0 bridgehead atoms. The highest BCUT2D eigenvalue weighted by Crippen LogP contribution is 2.36. The van der Waals surface area contributed by atoms with Crippen LogP contribution in [0.5, 0.6) is 0 Å². The molecule has 0 amide bonds. The molecule has 0 aromatic carbocycles. The Morgan fingerprint density at radius 3 is 2.53 bits per heavy atom. The van der Waals surface area contributed by atoms with Crippen molar-refractivity contribution in [1.82, 2.24) is 5.32 Å². The minimum absolute atomic E-state index is 0.596. The van der Waals surface area contributed by atoms with E-state index in [0.29, 0.717) is 6.10 Å². The molecule has 86 valence electrons. The summed E-state index contributed by atoms with van der Waals surface area (Å²) in [5.41, 5.74) is 0. The topological polar surface area (TPSA) is 21.3 Å². The van der Waals surface area contributed by atoms with Crippen LogP contribution in [0, 0.1) is 11.8 Å². The van der Waals surface area contributed by atoms with E-state index in [0.717, 1.165) is 24.5 Å². The minimum Gasteiger partial charge on any atom is -0.378 e. The van der Waals surface area contributed by atoms with Gasteiger partial charge in [-0.1, -0.05) is 12.8 Å². The van der Waals surface area contributed by atoms with Crippen LogP contribution in [0.2, 0.25) is 0 Å². The third kappa shape index (κ3) is 2.36. The van der Waals surface area contributed by atoms with E-state index >= 15 is 0 Å².